The van der Waals surface area contributed by atoms with Gasteiger partial charge in [-0.25, -0.2) is 0 Å². The molecule has 0 bridgehead atoms. The van der Waals surface area contributed by atoms with Crippen LogP contribution in [0.1, 0.15) is 27.8 Å². The van der Waals surface area contributed by atoms with E-state index in [-0.39, 0.29) is 13.4 Å². The molecular weight excluding hydrogens is 660 g/mol. The van der Waals surface area contributed by atoms with Crippen molar-refractivity contribution >= 4 is 92.1 Å². The summed E-state index contributed by atoms with van der Waals surface area (Å²) in [7, 11) is -2.91. The van der Waals surface area contributed by atoms with Crippen molar-refractivity contribution in [2.45, 2.75) is 34.6 Å². The summed E-state index contributed by atoms with van der Waals surface area (Å²) >= 11 is 0. The van der Waals surface area contributed by atoms with Crippen molar-refractivity contribution in [3.8, 4) is 23.0 Å². The molecule has 5 aliphatic heterocycles. The van der Waals surface area contributed by atoms with Gasteiger partial charge in [-0.2, -0.15) is 0 Å². The molecule has 0 amide bonds. The van der Waals surface area contributed by atoms with Crippen molar-refractivity contribution in [3.63, 3.8) is 0 Å². The summed E-state index contributed by atoms with van der Waals surface area (Å²) < 4.78 is 14.1. The van der Waals surface area contributed by atoms with Gasteiger partial charge in [-0.05, 0) is 100 Å². The zero-order valence-electron chi connectivity index (χ0n) is 30.5. The lowest BCUT2D eigenvalue weighted by Gasteiger charge is -2.54. The minimum Gasteiger partial charge on any atom is -0.458 e. The first-order valence-corrected chi connectivity index (χ1v) is 20.8. The predicted molar refractivity (Wildman–Crippen MR) is 224 cm³/mol. The van der Waals surface area contributed by atoms with Gasteiger partial charge in [0.2, 0.25) is 0 Å². The highest BCUT2D eigenvalue weighted by molar-refractivity contribution is 7.22. The van der Waals surface area contributed by atoms with Crippen LogP contribution in [0.15, 0.2) is 121 Å². The molecule has 5 heterocycles. The molecule has 7 aromatic rings. The summed E-state index contributed by atoms with van der Waals surface area (Å²) in [5, 5.41) is 5.75. The summed E-state index contributed by atoms with van der Waals surface area (Å²) in [5.41, 5.74) is 17.9. The number of fused-ring (bicyclic) bond motifs is 6. The van der Waals surface area contributed by atoms with Crippen molar-refractivity contribution in [2.75, 3.05) is 4.90 Å². The lowest BCUT2D eigenvalue weighted by atomic mass is 9.29. The van der Waals surface area contributed by atoms with Gasteiger partial charge < -0.3 is 14.4 Å². The van der Waals surface area contributed by atoms with E-state index >= 15 is 0 Å². The maximum atomic E-state index is 7.07. The molecular formula is C47H35B2NO2Si. The fourth-order valence-corrected chi connectivity index (χ4v) is 16.2. The van der Waals surface area contributed by atoms with E-state index in [1.807, 2.05) is 0 Å². The van der Waals surface area contributed by atoms with Crippen molar-refractivity contribution in [1.82, 2.24) is 0 Å². The second kappa shape index (κ2) is 10.0. The summed E-state index contributed by atoms with van der Waals surface area (Å²) in [5.74, 6) is 3.77. The van der Waals surface area contributed by atoms with Crippen LogP contribution < -0.4 is 67.9 Å². The van der Waals surface area contributed by atoms with Gasteiger partial charge in [0.05, 0.1) is 0 Å². The van der Waals surface area contributed by atoms with Gasteiger partial charge in [-0.15, -0.1) is 0 Å². The van der Waals surface area contributed by atoms with E-state index in [2.05, 4.69) is 161 Å². The molecule has 3 nitrogen and oxygen atoms in total. The first-order valence-electron chi connectivity index (χ1n) is 18.8. The number of ether oxygens (including phenoxy) is 2. The SMILES string of the molecule is Cc1ccc2c(c1)B1c3cc(C)cc4c3N3c5c(cc(C)cc5[Si]4(c4ccccc4)c4ccccc4)B4c5cc(C)ccc5Oc5c(C)c(c1c3c54)O2. The summed E-state index contributed by atoms with van der Waals surface area (Å²) in [4.78, 5) is 2.68. The maximum absolute atomic E-state index is 7.07. The Balaban J connectivity index is 1.35. The lowest BCUT2D eigenvalue weighted by Crippen LogP contribution is -2.81. The van der Waals surface area contributed by atoms with Gasteiger partial charge in [-0.1, -0.05) is 131 Å². The van der Waals surface area contributed by atoms with Crippen LogP contribution in [0.5, 0.6) is 23.0 Å². The van der Waals surface area contributed by atoms with E-state index < -0.39 is 8.07 Å². The van der Waals surface area contributed by atoms with Gasteiger partial charge >= 0.3 is 0 Å². The monoisotopic (exact) mass is 695 g/mol. The maximum Gasteiger partial charge on any atom is 0.256 e. The molecule has 0 unspecified atom stereocenters. The number of rotatable bonds is 2. The number of aryl methyl sites for hydroxylation is 4. The van der Waals surface area contributed by atoms with Crippen LogP contribution in [0.2, 0.25) is 0 Å². The van der Waals surface area contributed by atoms with Gasteiger partial charge in [-0.3, -0.25) is 0 Å². The summed E-state index contributed by atoms with van der Waals surface area (Å²) in [6, 6.07) is 46.4. The van der Waals surface area contributed by atoms with E-state index in [4.69, 9.17) is 9.47 Å². The number of hydrogen-bond donors (Lipinski definition) is 0. The molecule has 12 rings (SSSR count). The zero-order valence-corrected chi connectivity index (χ0v) is 31.5. The Morgan fingerprint density at radius 1 is 0.453 bits per heavy atom. The van der Waals surface area contributed by atoms with Gasteiger partial charge in [0.1, 0.15) is 23.0 Å². The van der Waals surface area contributed by atoms with Crippen LogP contribution in [-0.4, -0.2) is 21.5 Å². The average molecular weight is 696 g/mol. The Labute approximate surface area is 312 Å². The molecule has 0 atom stereocenters. The Morgan fingerprint density at radius 3 is 1.34 bits per heavy atom. The molecule has 0 aliphatic carbocycles. The molecule has 0 saturated carbocycles. The zero-order chi connectivity index (χ0) is 35.5. The van der Waals surface area contributed by atoms with E-state index in [9.17, 15) is 0 Å². The summed E-state index contributed by atoms with van der Waals surface area (Å²) in [6.45, 7) is 11.3. The number of hydrogen-bond acceptors (Lipinski definition) is 3. The van der Waals surface area contributed by atoms with Crippen LogP contribution in [-0.2, 0) is 0 Å². The Kier molecular flexibility index (Phi) is 5.64. The van der Waals surface area contributed by atoms with E-state index in [0.29, 0.717) is 0 Å². The van der Waals surface area contributed by atoms with Crippen molar-refractivity contribution in [2.24, 2.45) is 0 Å². The fraction of sp³-hybridized carbons (Fsp3) is 0.106. The lowest BCUT2D eigenvalue weighted by molar-refractivity contribution is 0.459. The highest BCUT2D eigenvalue weighted by Crippen LogP contribution is 2.49. The molecule has 0 saturated heterocycles. The predicted octanol–water partition coefficient (Wildman–Crippen LogP) is 4.26. The molecule has 0 aromatic heterocycles. The molecule has 0 spiro atoms. The number of nitrogens with zero attached hydrogens (tertiary/aromatic N) is 1. The van der Waals surface area contributed by atoms with Crippen LogP contribution >= 0.6 is 0 Å². The van der Waals surface area contributed by atoms with Gasteiger partial charge in [0, 0.05) is 22.6 Å². The molecule has 0 N–H and O–H groups in total. The molecule has 7 aromatic carbocycles. The van der Waals surface area contributed by atoms with E-state index in [0.717, 1.165) is 28.6 Å². The highest BCUT2D eigenvalue weighted by Gasteiger charge is 2.58. The largest absolute Gasteiger partial charge is 0.458 e. The smallest absolute Gasteiger partial charge is 0.256 e. The average Bonchev–Trinajstić information content (AvgIpc) is 3.17. The third-order valence-corrected chi connectivity index (χ3v) is 17.5. The van der Waals surface area contributed by atoms with Gasteiger partial charge in [0.25, 0.3) is 13.4 Å². The highest BCUT2D eigenvalue weighted by atomic mass is 28.3. The molecule has 0 fully saturated rings. The fourth-order valence-electron chi connectivity index (χ4n) is 10.8. The molecule has 6 heteroatoms. The summed E-state index contributed by atoms with van der Waals surface area (Å²) in [6.07, 6.45) is 0. The second-order valence-corrected chi connectivity index (χ2v) is 19.7. The topological polar surface area (TPSA) is 21.7 Å². The van der Waals surface area contributed by atoms with Crippen molar-refractivity contribution in [3.05, 3.63) is 149 Å². The second-order valence-electron chi connectivity index (χ2n) is 15.9. The standard InChI is InChI=1S/C47H35B2NO2Si/c1-26-16-18-37-33(20-26)48-35-22-28(3)24-39-43(35)50-44-36(23-29(4)25-40(44)53(39,31-12-8-6-9-13-31)32-14-10-7-11-15-32)49-34-21-27(2)17-19-38(34)52-47-30(5)46(51-37)41(48)45(50)42(47)49/h6-25H,1-5H3. The third-order valence-electron chi connectivity index (χ3n) is 12.7. The number of anilines is 3. The van der Waals surface area contributed by atoms with Crippen molar-refractivity contribution < 1.29 is 9.47 Å². The van der Waals surface area contributed by atoms with Crippen LogP contribution in [0.3, 0.4) is 0 Å². The Bertz CT molecular complexity index is 2630. The van der Waals surface area contributed by atoms with Crippen molar-refractivity contribution in [1.29, 1.82) is 0 Å². The third kappa shape index (κ3) is 3.53. The first-order chi connectivity index (χ1) is 25.8. The van der Waals surface area contributed by atoms with Crippen LogP contribution in [0, 0.1) is 34.6 Å². The normalized spacial score (nSPS) is 15.2. The minimum absolute atomic E-state index is 0.0175. The molecule has 0 radical (unpaired) electrons. The molecule has 53 heavy (non-hydrogen) atoms. The van der Waals surface area contributed by atoms with Crippen LogP contribution in [0.25, 0.3) is 0 Å². The first kappa shape index (κ1) is 29.8. The van der Waals surface area contributed by atoms with Crippen LogP contribution in [0.4, 0.5) is 17.1 Å². The quantitative estimate of drug-likeness (QED) is 0.253. The van der Waals surface area contributed by atoms with E-state index in [1.165, 1.54) is 92.8 Å². The van der Waals surface area contributed by atoms with Gasteiger partial charge in [0.15, 0.2) is 8.07 Å². The molecule has 250 valence electrons. The van der Waals surface area contributed by atoms with E-state index in [1.54, 1.807) is 0 Å². The Morgan fingerprint density at radius 2 is 0.887 bits per heavy atom. The Hall–Kier alpha value is -5.71. The minimum atomic E-state index is -2.91. The molecule has 5 aliphatic rings. The number of benzene rings is 7.